The van der Waals surface area contributed by atoms with Gasteiger partial charge in [-0.15, -0.1) is 0 Å². The molecule has 3 aromatic carbocycles. The number of ketones is 1. The number of para-hydroxylation sites is 1. The number of carbonyl (C=O) groups excluding carboxylic acids is 1. The second kappa shape index (κ2) is 19.3. The maximum Gasteiger partial charge on any atom is 0.137 e. The zero-order valence-corrected chi connectivity index (χ0v) is 23.7. The molecule has 3 aromatic rings. The Morgan fingerprint density at radius 3 is 2.16 bits per heavy atom. The molecule has 0 atom stereocenters. The first-order valence-corrected chi connectivity index (χ1v) is 13.3. The number of aromatic hydroxyl groups is 1. The summed E-state index contributed by atoms with van der Waals surface area (Å²) in [6.07, 6.45) is 11.1. The predicted octanol–water partition coefficient (Wildman–Crippen LogP) is 8.79. The van der Waals surface area contributed by atoms with E-state index in [-0.39, 0.29) is 11.5 Å². The van der Waals surface area contributed by atoms with Crippen molar-refractivity contribution in [2.45, 2.75) is 59.8 Å². The molecule has 0 fully saturated rings. The molecule has 202 valence electrons. The highest BCUT2D eigenvalue weighted by Crippen LogP contribution is 2.19. The van der Waals surface area contributed by atoms with Gasteiger partial charge in [-0.05, 0) is 73.1 Å². The van der Waals surface area contributed by atoms with Crippen molar-refractivity contribution in [3.8, 4) is 11.5 Å². The first kappa shape index (κ1) is 32.2. The second-order valence-electron chi connectivity index (χ2n) is 8.88. The molecular formula is C35H44O3. The van der Waals surface area contributed by atoms with Crippen molar-refractivity contribution in [3.63, 3.8) is 0 Å². The van der Waals surface area contributed by atoms with Gasteiger partial charge in [0.05, 0.1) is 7.11 Å². The summed E-state index contributed by atoms with van der Waals surface area (Å²) in [6, 6.07) is 23.9. The summed E-state index contributed by atoms with van der Waals surface area (Å²) in [5, 5.41) is 9.60. The van der Waals surface area contributed by atoms with Crippen LogP contribution in [0.1, 0.15) is 55.9 Å². The zero-order chi connectivity index (χ0) is 28.2. The van der Waals surface area contributed by atoms with Gasteiger partial charge in [0, 0.05) is 12.8 Å². The van der Waals surface area contributed by atoms with Crippen LogP contribution in [0.15, 0.2) is 109 Å². The van der Waals surface area contributed by atoms with E-state index >= 15 is 0 Å². The number of Topliss-reactive ketones (excluding diaryl/α,β-unsaturated/α-hetero) is 1. The van der Waals surface area contributed by atoms with Crippen LogP contribution in [-0.2, 0) is 24.1 Å². The number of rotatable bonds is 10. The van der Waals surface area contributed by atoms with Crippen LogP contribution in [0.5, 0.6) is 11.5 Å². The lowest BCUT2D eigenvalue weighted by Crippen LogP contribution is -2.01. The summed E-state index contributed by atoms with van der Waals surface area (Å²) in [5.41, 5.74) is 5.55. The smallest absolute Gasteiger partial charge is 0.137 e. The molecule has 0 amide bonds. The summed E-state index contributed by atoms with van der Waals surface area (Å²) in [7, 11) is 1.71. The van der Waals surface area contributed by atoms with Gasteiger partial charge in [-0.2, -0.15) is 0 Å². The van der Waals surface area contributed by atoms with Crippen molar-refractivity contribution in [1.82, 2.24) is 0 Å². The highest BCUT2D eigenvalue weighted by molar-refractivity contribution is 5.81. The fourth-order valence-corrected chi connectivity index (χ4v) is 3.50. The maximum absolute atomic E-state index is 11.8. The van der Waals surface area contributed by atoms with E-state index in [1.165, 1.54) is 16.7 Å². The highest BCUT2D eigenvalue weighted by atomic mass is 16.5. The Morgan fingerprint density at radius 2 is 1.58 bits per heavy atom. The summed E-state index contributed by atoms with van der Waals surface area (Å²) in [6.45, 7) is 12.1. The van der Waals surface area contributed by atoms with E-state index in [1.807, 2.05) is 49.4 Å². The first-order valence-electron chi connectivity index (χ1n) is 13.3. The molecule has 3 rings (SSSR count). The third kappa shape index (κ3) is 13.5. The number of phenolic OH excluding ortho intramolecular Hbond substituents is 1. The van der Waals surface area contributed by atoms with Gasteiger partial charge in [0.1, 0.15) is 17.3 Å². The molecule has 0 aromatic heterocycles. The topological polar surface area (TPSA) is 46.5 Å². The predicted molar refractivity (Wildman–Crippen MR) is 162 cm³/mol. The van der Waals surface area contributed by atoms with Crippen LogP contribution in [0.3, 0.4) is 0 Å². The maximum atomic E-state index is 11.8. The number of ether oxygens (including phenoxy) is 1. The van der Waals surface area contributed by atoms with Crippen LogP contribution >= 0.6 is 0 Å². The van der Waals surface area contributed by atoms with E-state index in [0.717, 1.165) is 29.7 Å². The number of aryl methyl sites for hydroxylation is 4. The van der Waals surface area contributed by atoms with Gasteiger partial charge < -0.3 is 9.84 Å². The number of benzene rings is 3. The van der Waals surface area contributed by atoms with E-state index in [9.17, 15) is 9.90 Å². The van der Waals surface area contributed by atoms with Crippen LogP contribution in [0.4, 0.5) is 0 Å². The van der Waals surface area contributed by atoms with Gasteiger partial charge in [-0.25, -0.2) is 0 Å². The van der Waals surface area contributed by atoms with E-state index in [1.54, 1.807) is 19.2 Å². The quantitative estimate of drug-likeness (QED) is 0.276. The molecule has 3 nitrogen and oxygen atoms in total. The van der Waals surface area contributed by atoms with Crippen molar-refractivity contribution < 1.29 is 14.6 Å². The third-order valence-electron chi connectivity index (χ3n) is 5.86. The molecule has 0 saturated heterocycles. The molecule has 0 heterocycles. The van der Waals surface area contributed by atoms with Crippen molar-refractivity contribution in [2.75, 3.05) is 7.11 Å². The van der Waals surface area contributed by atoms with E-state index in [0.29, 0.717) is 19.3 Å². The lowest BCUT2D eigenvalue weighted by molar-refractivity contribution is -0.118. The number of hydrogen-bond donors (Lipinski definition) is 1. The van der Waals surface area contributed by atoms with Crippen molar-refractivity contribution in [2.24, 2.45) is 0 Å². The fraction of sp³-hybridized carbons (Fsp3) is 0.286. The standard InChI is InChI=1S/C17H20O2.C10H14O.C8H10/c1-3-4-5-8-14(2)13-16(18)12-11-15-9-6-7-10-17(15)19;1-4-9-6-5-8(2)10(7-9)11-3;1-2-8-6-4-3-5-7-8/h3-10,19H,2,11-13H2,1H3;5-7H,4H2,1-3H3;3-7H,2H2,1H3/b4-3-,8-5-;;. The molecule has 0 aliphatic rings. The monoisotopic (exact) mass is 512 g/mol. The molecule has 0 saturated carbocycles. The average Bonchev–Trinajstić information content (AvgIpc) is 2.94. The molecule has 38 heavy (non-hydrogen) atoms. The zero-order valence-electron chi connectivity index (χ0n) is 23.7. The minimum Gasteiger partial charge on any atom is -0.508 e. The molecule has 0 bridgehead atoms. The lowest BCUT2D eigenvalue weighted by atomic mass is 10.0. The van der Waals surface area contributed by atoms with Gasteiger partial charge in [0.15, 0.2) is 0 Å². The van der Waals surface area contributed by atoms with Gasteiger partial charge in [-0.1, -0.05) is 105 Å². The Labute approximate surface area is 230 Å². The molecule has 0 aliphatic heterocycles. The largest absolute Gasteiger partial charge is 0.508 e. The Hall–Kier alpha value is -3.85. The Morgan fingerprint density at radius 1 is 0.921 bits per heavy atom. The highest BCUT2D eigenvalue weighted by Gasteiger charge is 2.06. The first-order chi connectivity index (χ1) is 18.3. The van der Waals surface area contributed by atoms with Crippen molar-refractivity contribution in [1.29, 1.82) is 0 Å². The van der Waals surface area contributed by atoms with E-state index < -0.39 is 0 Å². The molecule has 3 heteroatoms. The Bertz CT molecular complexity index is 1160. The average molecular weight is 513 g/mol. The van der Waals surface area contributed by atoms with Gasteiger partial charge in [0.2, 0.25) is 0 Å². The fourth-order valence-electron chi connectivity index (χ4n) is 3.50. The summed E-state index contributed by atoms with van der Waals surface area (Å²) >= 11 is 0. The lowest BCUT2D eigenvalue weighted by Gasteiger charge is -2.05. The minimum absolute atomic E-state index is 0.137. The Balaban J connectivity index is 0.000000318. The third-order valence-corrected chi connectivity index (χ3v) is 5.86. The van der Waals surface area contributed by atoms with Crippen molar-refractivity contribution >= 4 is 5.78 Å². The minimum atomic E-state index is 0.137. The number of hydrogen-bond acceptors (Lipinski definition) is 3. The number of phenols is 1. The number of methoxy groups -OCH3 is 1. The van der Waals surface area contributed by atoms with Gasteiger partial charge >= 0.3 is 0 Å². The summed E-state index contributed by atoms with van der Waals surface area (Å²) in [5.74, 6) is 1.38. The van der Waals surface area contributed by atoms with Crippen LogP contribution in [-0.4, -0.2) is 18.0 Å². The van der Waals surface area contributed by atoms with Crippen LogP contribution in [0.2, 0.25) is 0 Å². The molecule has 1 N–H and O–H groups in total. The second-order valence-corrected chi connectivity index (χ2v) is 8.88. The molecule has 0 aliphatic carbocycles. The number of allylic oxidation sites excluding steroid dienone is 5. The van der Waals surface area contributed by atoms with E-state index in [2.05, 4.69) is 69.8 Å². The van der Waals surface area contributed by atoms with Crippen LogP contribution < -0.4 is 4.74 Å². The molecule has 0 spiro atoms. The SMILES string of the molecule is C=C(/C=C\C=C/C)CC(=O)CCc1ccccc1O.CCc1ccc(C)c(OC)c1.CCc1ccccc1. The molecule has 0 unspecified atom stereocenters. The van der Waals surface area contributed by atoms with E-state index in [4.69, 9.17) is 4.74 Å². The van der Waals surface area contributed by atoms with Gasteiger partial charge in [0.25, 0.3) is 0 Å². The Kier molecular flexibility index (Phi) is 16.3. The van der Waals surface area contributed by atoms with Crippen LogP contribution in [0, 0.1) is 6.92 Å². The normalized spacial score (nSPS) is 10.3. The van der Waals surface area contributed by atoms with Crippen molar-refractivity contribution in [3.05, 3.63) is 132 Å². The summed E-state index contributed by atoms with van der Waals surface area (Å²) < 4.78 is 5.19. The molecule has 0 radical (unpaired) electrons. The number of carbonyl (C=O) groups is 1. The van der Waals surface area contributed by atoms with Gasteiger partial charge in [-0.3, -0.25) is 4.79 Å². The summed E-state index contributed by atoms with van der Waals surface area (Å²) in [4.78, 5) is 11.8. The molecular weight excluding hydrogens is 468 g/mol. The van der Waals surface area contributed by atoms with Crippen LogP contribution in [0.25, 0.3) is 0 Å².